The SMILES string of the molecule is O=C(O)CC1(CNC(=O)c2ccncc2O)CCCCC1. The minimum absolute atomic E-state index is 0.0651. The Morgan fingerprint density at radius 1 is 1.29 bits per heavy atom. The number of rotatable bonds is 5. The topological polar surface area (TPSA) is 99.5 Å². The second-order valence-electron chi connectivity index (χ2n) is 5.71. The summed E-state index contributed by atoms with van der Waals surface area (Å²) in [5.74, 6) is -1.41. The van der Waals surface area contributed by atoms with Gasteiger partial charge in [0, 0.05) is 12.7 Å². The van der Waals surface area contributed by atoms with Crippen molar-refractivity contribution in [2.75, 3.05) is 6.54 Å². The summed E-state index contributed by atoms with van der Waals surface area (Å²) in [7, 11) is 0. The molecule has 21 heavy (non-hydrogen) atoms. The van der Waals surface area contributed by atoms with Crippen LogP contribution in [0.4, 0.5) is 0 Å². The van der Waals surface area contributed by atoms with Gasteiger partial charge in [0.25, 0.3) is 5.91 Å². The van der Waals surface area contributed by atoms with Crippen molar-refractivity contribution in [3.05, 3.63) is 24.0 Å². The Labute approximate surface area is 123 Å². The summed E-state index contributed by atoms with van der Waals surface area (Å²) in [5.41, 5.74) is -0.214. The monoisotopic (exact) mass is 292 g/mol. The van der Waals surface area contributed by atoms with Gasteiger partial charge in [0.05, 0.1) is 18.2 Å². The van der Waals surface area contributed by atoms with Crippen LogP contribution in [0.2, 0.25) is 0 Å². The van der Waals surface area contributed by atoms with Gasteiger partial charge in [-0.3, -0.25) is 14.6 Å². The molecule has 1 aromatic heterocycles. The number of amides is 1. The Morgan fingerprint density at radius 2 is 2.00 bits per heavy atom. The molecule has 0 radical (unpaired) electrons. The Hall–Kier alpha value is -2.11. The first-order valence-electron chi connectivity index (χ1n) is 7.15. The molecular weight excluding hydrogens is 272 g/mol. The van der Waals surface area contributed by atoms with Crippen LogP contribution in [0.5, 0.6) is 5.75 Å². The number of hydrogen-bond acceptors (Lipinski definition) is 4. The van der Waals surface area contributed by atoms with Crippen LogP contribution in [-0.2, 0) is 4.79 Å². The number of aromatic hydroxyl groups is 1. The average Bonchev–Trinajstić information content (AvgIpc) is 2.46. The Bertz CT molecular complexity index is 524. The van der Waals surface area contributed by atoms with Crippen molar-refractivity contribution in [3.8, 4) is 5.75 Å². The molecule has 0 bridgehead atoms. The third-order valence-electron chi connectivity index (χ3n) is 4.11. The summed E-state index contributed by atoms with van der Waals surface area (Å²) in [5, 5.41) is 21.5. The van der Waals surface area contributed by atoms with Crippen LogP contribution >= 0.6 is 0 Å². The van der Waals surface area contributed by atoms with Gasteiger partial charge in [-0.15, -0.1) is 0 Å². The smallest absolute Gasteiger partial charge is 0.303 e. The number of nitrogens with one attached hydrogen (secondary N) is 1. The van der Waals surface area contributed by atoms with E-state index in [4.69, 9.17) is 5.11 Å². The highest BCUT2D eigenvalue weighted by molar-refractivity contribution is 5.96. The minimum atomic E-state index is -0.835. The van der Waals surface area contributed by atoms with Crippen molar-refractivity contribution in [2.45, 2.75) is 38.5 Å². The van der Waals surface area contributed by atoms with Gasteiger partial charge in [-0.1, -0.05) is 19.3 Å². The molecule has 1 aromatic rings. The van der Waals surface area contributed by atoms with E-state index in [0.717, 1.165) is 32.1 Å². The van der Waals surface area contributed by atoms with Gasteiger partial charge >= 0.3 is 5.97 Å². The number of aromatic nitrogens is 1. The first-order valence-corrected chi connectivity index (χ1v) is 7.15. The zero-order valence-electron chi connectivity index (χ0n) is 11.8. The van der Waals surface area contributed by atoms with Crippen LogP contribution < -0.4 is 5.32 Å². The van der Waals surface area contributed by atoms with E-state index in [1.54, 1.807) is 0 Å². The summed E-state index contributed by atoms with van der Waals surface area (Å²) >= 11 is 0. The summed E-state index contributed by atoms with van der Waals surface area (Å²) < 4.78 is 0. The van der Waals surface area contributed by atoms with Gasteiger partial charge < -0.3 is 15.5 Å². The maximum atomic E-state index is 12.1. The molecule has 1 amide bonds. The molecule has 114 valence electrons. The second-order valence-corrected chi connectivity index (χ2v) is 5.71. The van der Waals surface area contributed by atoms with Crippen molar-refractivity contribution in [1.82, 2.24) is 10.3 Å². The predicted octanol–water partition coefficient (Wildman–Crippen LogP) is 1.94. The maximum absolute atomic E-state index is 12.1. The minimum Gasteiger partial charge on any atom is -0.505 e. The van der Waals surface area contributed by atoms with Crippen LogP contribution in [0.3, 0.4) is 0 Å². The van der Waals surface area contributed by atoms with Crippen molar-refractivity contribution in [1.29, 1.82) is 0 Å². The third kappa shape index (κ3) is 3.93. The van der Waals surface area contributed by atoms with Gasteiger partial charge in [0.1, 0.15) is 5.75 Å². The van der Waals surface area contributed by atoms with Gasteiger partial charge in [-0.2, -0.15) is 0 Å². The van der Waals surface area contributed by atoms with Crippen molar-refractivity contribution in [3.63, 3.8) is 0 Å². The molecule has 1 aliphatic rings. The van der Waals surface area contributed by atoms with Crippen LogP contribution in [0.1, 0.15) is 48.9 Å². The van der Waals surface area contributed by atoms with Crippen molar-refractivity contribution >= 4 is 11.9 Å². The highest BCUT2D eigenvalue weighted by Gasteiger charge is 2.34. The van der Waals surface area contributed by atoms with E-state index in [2.05, 4.69) is 10.3 Å². The summed E-state index contributed by atoms with van der Waals surface area (Å²) in [6.45, 7) is 0.319. The number of pyridine rings is 1. The van der Waals surface area contributed by atoms with Crippen LogP contribution in [-0.4, -0.2) is 33.6 Å². The predicted molar refractivity (Wildman–Crippen MR) is 76.0 cm³/mol. The fourth-order valence-corrected chi connectivity index (χ4v) is 2.98. The molecule has 0 aromatic carbocycles. The standard InChI is InChI=1S/C15H20N2O4/c18-12-9-16-7-4-11(12)14(21)17-10-15(8-13(19)20)5-2-1-3-6-15/h4,7,9,18H,1-3,5-6,8,10H2,(H,17,21)(H,19,20). The lowest BCUT2D eigenvalue weighted by Gasteiger charge is -2.36. The normalized spacial score (nSPS) is 17.1. The number of aliphatic carboxylic acids is 1. The zero-order chi connectivity index (χ0) is 15.3. The maximum Gasteiger partial charge on any atom is 0.303 e. The number of carbonyl (C=O) groups is 2. The lowest BCUT2D eigenvalue weighted by atomic mass is 9.71. The second kappa shape index (κ2) is 6.56. The molecule has 3 N–H and O–H groups in total. The summed E-state index contributed by atoms with van der Waals surface area (Å²) in [4.78, 5) is 26.9. The molecule has 1 aliphatic carbocycles. The Morgan fingerprint density at radius 3 is 2.62 bits per heavy atom. The van der Waals surface area contributed by atoms with E-state index in [1.165, 1.54) is 18.5 Å². The van der Waals surface area contributed by atoms with Crippen molar-refractivity contribution in [2.24, 2.45) is 5.41 Å². The Balaban J connectivity index is 2.03. The quantitative estimate of drug-likeness (QED) is 0.770. The van der Waals surface area contributed by atoms with E-state index < -0.39 is 11.9 Å². The number of carbonyl (C=O) groups excluding carboxylic acids is 1. The molecule has 0 spiro atoms. The fourth-order valence-electron chi connectivity index (χ4n) is 2.98. The number of nitrogens with zero attached hydrogens (tertiary/aromatic N) is 1. The highest BCUT2D eigenvalue weighted by atomic mass is 16.4. The molecule has 0 atom stereocenters. The van der Waals surface area contributed by atoms with Gasteiger partial charge in [0.2, 0.25) is 0 Å². The fraction of sp³-hybridized carbons (Fsp3) is 0.533. The molecule has 0 aliphatic heterocycles. The van der Waals surface area contributed by atoms with Crippen LogP contribution in [0.25, 0.3) is 0 Å². The molecule has 0 saturated heterocycles. The first-order chi connectivity index (χ1) is 10.0. The summed E-state index contributed by atoms with van der Waals surface area (Å²) in [6, 6.07) is 1.44. The van der Waals surface area contributed by atoms with Crippen LogP contribution in [0, 0.1) is 5.41 Å². The van der Waals surface area contributed by atoms with E-state index in [-0.39, 0.29) is 23.1 Å². The summed E-state index contributed by atoms with van der Waals surface area (Å²) in [6.07, 6.45) is 7.41. The number of carboxylic acids is 1. The molecule has 6 heteroatoms. The lowest BCUT2D eigenvalue weighted by Crippen LogP contribution is -2.40. The highest BCUT2D eigenvalue weighted by Crippen LogP contribution is 2.38. The van der Waals surface area contributed by atoms with Crippen molar-refractivity contribution < 1.29 is 19.8 Å². The zero-order valence-corrected chi connectivity index (χ0v) is 11.8. The molecule has 1 saturated carbocycles. The first kappa shape index (κ1) is 15.3. The molecule has 2 rings (SSSR count). The lowest BCUT2D eigenvalue weighted by molar-refractivity contribution is -0.140. The molecule has 1 fully saturated rings. The van der Waals surface area contributed by atoms with Gasteiger partial charge in [0.15, 0.2) is 0 Å². The van der Waals surface area contributed by atoms with Gasteiger partial charge in [-0.25, -0.2) is 0 Å². The number of carboxylic acid groups (broad SMARTS) is 1. The largest absolute Gasteiger partial charge is 0.505 e. The van der Waals surface area contributed by atoms with E-state index in [1.807, 2.05) is 0 Å². The van der Waals surface area contributed by atoms with Crippen LogP contribution in [0.15, 0.2) is 18.5 Å². The number of hydrogen-bond donors (Lipinski definition) is 3. The van der Waals surface area contributed by atoms with E-state index in [9.17, 15) is 14.7 Å². The third-order valence-corrected chi connectivity index (χ3v) is 4.11. The molecule has 1 heterocycles. The average molecular weight is 292 g/mol. The molecular formula is C15H20N2O4. The Kier molecular flexibility index (Phi) is 4.77. The van der Waals surface area contributed by atoms with E-state index >= 15 is 0 Å². The molecule has 0 unspecified atom stereocenters. The van der Waals surface area contributed by atoms with E-state index in [0.29, 0.717) is 6.54 Å². The molecule has 6 nitrogen and oxygen atoms in total. The van der Waals surface area contributed by atoms with Gasteiger partial charge in [-0.05, 0) is 24.3 Å².